The summed E-state index contributed by atoms with van der Waals surface area (Å²) in [5.74, 6) is 0. The van der Waals surface area contributed by atoms with Crippen molar-refractivity contribution in [3.05, 3.63) is 0 Å². The molecule has 0 unspecified atom stereocenters. The van der Waals surface area contributed by atoms with Gasteiger partial charge in [-0.25, -0.2) is 0 Å². The minimum absolute atomic E-state index is 0.0523. The molecule has 0 spiro atoms. The van der Waals surface area contributed by atoms with E-state index in [9.17, 15) is 0 Å². The quantitative estimate of drug-likeness (QED) is 0.464. The molecule has 0 aromatic heterocycles. The van der Waals surface area contributed by atoms with Crippen LogP contribution in [-0.4, -0.2) is 29.9 Å². The molecule has 0 amide bonds. The maximum absolute atomic E-state index is 4.56. The summed E-state index contributed by atoms with van der Waals surface area (Å²) in [6, 6.07) is 0. The Bertz CT molecular complexity index is 160. The van der Waals surface area contributed by atoms with Gasteiger partial charge in [0.05, 0.1) is 11.9 Å². The Morgan fingerprint density at radius 3 is 1.80 bits per heavy atom. The van der Waals surface area contributed by atoms with Crippen molar-refractivity contribution in [3.63, 3.8) is 0 Å². The predicted molar refractivity (Wildman–Crippen MR) is 69.6 cm³/mol. The van der Waals surface area contributed by atoms with Crippen LogP contribution in [0.4, 0.5) is 0 Å². The van der Waals surface area contributed by atoms with E-state index in [2.05, 4.69) is 44.5 Å². The molecule has 0 aliphatic heterocycles. The van der Waals surface area contributed by atoms with Gasteiger partial charge in [-0.1, -0.05) is 26.7 Å². The lowest BCUT2D eigenvalue weighted by molar-refractivity contribution is 0.402. The lowest BCUT2D eigenvalue weighted by Gasteiger charge is -2.21. The third-order valence-corrected chi connectivity index (χ3v) is 2.21. The number of unbranched alkanes of at least 4 members (excludes halogenated alkanes) is 2. The average molecular weight is 212 g/mol. The van der Waals surface area contributed by atoms with Gasteiger partial charge < -0.3 is 4.90 Å². The van der Waals surface area contributed by atoms with Crippen molar-refractivity contribution >= 4 is 6.34 Å². The summed E-state index contributed by atoms with van der Waals surface area (Å²) in [5.41, 5.74) is 0.0523. The largest absolute Gasteiger partial charge is 0.363 e. The van der Waals surface area contributed by atoms with Crippen LogP contribution in [0.15, 0.2) is 4.99 Å². The summed E-state index contributed by atoms with van der Waals surface area (Å²) in [5, 5.41) is 0. The van der Waals surface area contributed by atoms with E-state index in [0.717, 1.165) is 13.1 Å². The second-order valence-corrected chi connectivity index (χ2v) is 5.16. The summed E-state index contributed by atoms with van der Waals surface area (Å²) < 4.78 is 0. The highest BCUT2D eigenvalue weighted by Crippen LogP contribution is 2.06. The van der Waals surface area contributed by atoms with Crippen LogP contribution in [-0.2, 0) is 0 Å². The maximum atomic E-state index is 4.56. The molecule has 0 rings (SSSR count). The molecule has 90 valence electrons. The Labute approximate surface area is 95.8 Å². The lowest BCUT2D eigenvalue weighted by Crippen LogP contribution is -2.26. The third kappa shape index (κ3) is 9.77. The van der Waals surface area contributed by atoms with Gasteiger partial charge in [0.25, 0.3) is 0 Å². The van der Waals surface area contributed by atoms with Crippen LogP contribution in [0.2, 0.25) is 0 Å². The normalized spacial score (nSPS) is 12.3. The molecule has 0 radical (unpaired) electrons. The fourth-order valence-electron chi connectivity index (χ4n) is 1.20. The van der Waals surface area contributed by atoms with Gasteiger partial charge in [0.2, 0.25) is 0 Å². The molecular formula is C13H28N2. The van der Waals surface area contributed by atoms with E-state index in [1.54, 1.807) is 0 Å². The van der Waals surface area contributed by atoms with Gasteiger partial charge in [0, 0.05) is 13.1 Å². The standard InChI is InChI=1S/C13H28N2/c1-6-8-10-15(11-9-7-2)12-14-13(3,4)5/h12H,6-11H2,1-5H3/b14-12+. The summed E-state index contributed by atoms with van der Waals surface area (Å²) in [7, 11) is 0. The molecule has 0 N–H and O–H groups in total. The number of rotatable bonds is 7. The monoisotopic (exact) mass is 212 g/mol. The molecule has 0 bridgehead atoms. The molecule has 2 heteroatoms. The summed E-state index contributed by atoms with van der Waals surface area (Å²) >= 11 is 0. The van der Waals surface area contributed by atoms with Crippen LogP contribution in [0.25, 0.3) is 0 Å². The third-order valence-electron chi connectivity index (χ3n) is 2.21. The van der Waals surface area contributed by atoms with Crippen molar-refractivity contribution in [1.82, 2.24) is 4.90 Å². The first kappa shape index (κ1) is 14.5. The lowest BCUT2D eigenvalue weighted by atomic mass is 10.1. The van der Waals surface area contributed by atoms with Crippen LogP contribution in [0, 0.1) is 0 Å². The van der Waals surface area contributed by atoms with Gasteiger partial charge in [-0.15, -0.1) is 0 Å². The fourth-order valence-corrected chi connectivity index (χ4v) is 1.20. The fraction of sp³-hybridized carbons (Fsp3) is 0.923. The molecule has 0 aromatic carbocycles. The van der Waals surface area contributed by atoms with E-state index in [1.807, 2.05) is 6.34 Å². The van der Waals surface area contributed by atoms with Crippen molar-refractivity contribution in [1.29, 1.82) is 0 Å². The second kappa shape index (κ2) is 7.72. The molecule has 0 aromatic rings. The molecule has 0 saturated carbocycles. The first-order valence-electron chi connectivity index (χ1n) is 6.29. The van der Waals surface area contributed by atoms with E-state index in [1.165, 1.54) is 25.7 Å². The summed E-state index contributed by atoms with van der Waals surface area (Å²) in [4.78, 5) is 6.92. The van der Waals surface area contributed by atoms with E-state index < -0.39 is 0 Å². The number of hydrogen-bond acceptors (Lipinski definition) is 1. The van der Waals surface area contributed by atoms with E-state index in [4.69, 9.17) is 0 Å². The highest BCUT2D eigenvalue weighted by molar-refractivity contribution is 5.55. The zero-order valence-electron chi connectivity index (χ0n) is 11.2. The van der Waals surface area contributed by atoms with Crippen LogP contribution < -0.4 is 0 Å². The van der Waals surface area contributed by atoms with Gasteiger partial charge in [-0.3, -0.25) is 4.99 Å². The Morgan fingerprint density at radius 2 is 1.47 bits per heavy atom. The smallest absolute Gasteiger partial charge is 0.0856 e. The summed E-state index contributed by atoms with van der Waals surface area (Å²) in [6.45, 7) is 13.2. The topological polar surface area (TPSA) is 15.6 Å². The van der Waals surface area contributed by atoms with Gasteiger partial charge >= 0.3 is 0 Å². The van der Waals surface area contributed by atoms with Crippen LogP contribution in [0.5, 0.6) is 0 Å². The zero-order valence-corrected chi connectivity index (χ0v) is 11.2. The molecule has 0 saturated heterocycles. The molecule has 2 nitrogen and oxygen atoms in total. The van der Waals surface area contributed by atoms with E-state index in [-0.39, 0.29) is 5.54 Å². The van der Waals surface area contributed by atoms with E-state index in [0.29, 0.717) is 0 Å². The van der Waals surface area contributed by atoms with Gasteiger partial charge in [-0.2, -0.15) is 0 Å². The SMILES string of the molecule is CCCCN(/C=N/C(C)(C)C)CCCC. The zero-order chi connectivity index (χ0) is 11.7. The van der Waals surface area contributed by atoms with Crippen molar-refractivity contribution in [2.24, 2.45) is 4.99 Å². The molecule has 0 atom stereocenters. The van der Waals surface area contributed by atoms with Crippen LogP contribution >= 0.6 is 0 Å². The summed E-state index contributed by atoms with van der Waals surface area (Å²) in [6.07, 6.45) is 7.09. The molecular weight excluding hydrogens is 184 g/mol. The Hall–Kier alpha value is -0.530. The van der Waals surface area contributed by atoms with Crippen molar-refractivity contribution < 1.29 is 0 Å². The predicted octanol–water partition coefficient (Wildman–Crippen LogP) is 3.72. The Kier molecular flexibility index (Phi) is 7.45. The van der Waals surface area contributed by atoms with Crippen LogP contribution in [0.1, 0.15) is 60.3 Å². The highest BCUT2D eigenvalue weighted by atomic mass is 15.1. The molecule has 0 aliphatic carbocycles. The second-order valence-electron chi connectivity index (χ2n) is 5.16. The van der Waals surface area contributed by atoms with Gasteiger partial charge in [0.15, 0.2) is 0 Å². The number of hydrogen-bond donors (Lipinski definition) is 0. The van der Waals surface area contributed by atoms with Crippen molar-refractivity contribution in [2.75, 3.05) is 13.1 Å². The Balaban J connectivity index is 4.04. The van der Waals surface area contributed by atoms with Gasteiger partial charge in [-0.05, 0) is 33.6 Å². The van der Waals surface area contributed by atoms with Crippen molar-refractivity contribution in [3.8, 4) is 0 Å². The first-order valence-corrected chi connectivity index (χ1v) is 6.29. The minimum atomic E-state index is 0.0523. The highest BCUT2D eigenvalue weighted by Gasteiger charge is 2.06. The van der Waals surface area contributed by atoms with Gasteiger partial charge in [0.1, 0.15) is 0 Å². The molecule has 0 heterocycles. The number of nitrogens with zero attached hydrogens (tertiary/aromatic N) is 2. The number of aliphatic imine (C=N–C) groups is 1. The molecule has 15 heavy (non-hydrogen) atoms. The van der Waals surface area contributed by atoms with E-state index >= 15 is 0 Å². The Morgan fingerprint density at radius 1 is 1.00 bits per heavy atom. The molecule has 0 fully saturated rings. The minimum Gasteiger partial charge on any atom is -0.363 e. The average Bonchev–Trinajstić information content (AvgIpc) is 2.15. The molecule has 0 aliphatic rings. The maximum Gasteiger partial charge on any atom is 0.0856 e. The van der Waals surface area contributed by atoms with Crippen LogP contribution in [0.3, 0.4) is 0 Å². The van der Waals surface area contributed by atoms with Crippen molar-refractivity contribution in [2.45, 2.75) is 65.8 Å². The first-order chi connectivity index (χ1) is 6.99.